The topological polar surface area (TPSA) is 89.5 Å². The number of hydrogen-bond acceptors (Lipinski definition) is 6. The van der Waals surface area contributed by atoms with E-state index in [9.17, 15) is 35.9 Å². The molecule has 1 aliphatic carbocycles. The van der Waals surface area contributed by atoms with Crippen molar-refractivity contribution in [3.05, 3.63) is 53.1 Å². The fourth-order valence-electron chi connectivity index (χ4n) is 5.87. The van der Waals surface area contributed by atoms with Crippen LogP contribution in [-0.4, -0.2) is 79.1 Å². The van der Waals surface area contributed by atoms with E-state index in [1.54, 1.807) is 18.2 Å². The number of rotatable bonds is 4. The summed E-state index contributed by atoms with van der Waals surface area (Å²) in [5, 5.41) is 2.73. The molecule has 4 atom stereocenters. The highest BCUT2D eigenvalue weighted by molar-refractivity contribution is 6.14. The van der Waals surface area contributed by atoms with Crippen LogP contribution in [0.15, 0.2) is 47.0 Å². The van der Waals surface area contributed by atoms with Gasteiger partial charge < -0.3 is 24.4 Å². The summed E-state index contributed by atoms with van der Waals surface area (Å²) in [5.41, 5.74) is 0.329. The molecule has 0 radical (unpaired) electrons. The summed E-state index contributed by atoms with van der Waals surface area (Å²) in [4.78, 5) is 32.1. The number of alkyl halides is 6. The van der Waals surface area contributed by atoms with E-state index >= 15 is 0 Å². The molecule has 0 aromatic heterocycles. The van der Waals surface area contributed by atoms with E-state index < -0.39 is 61.0 Å². The third kappa shape index (κ3) is 4.20. The van der Waals surface area contributed by atoms with Crippen molar-refractivity contribution in [3.8, 4) is 5.75 Å². The van der Waals surface area contributed by atoms with Gasteiger partial charge in [-0.1, -0.05) is 12.1 Å². The maximum absolute atomic E-state index is 13.2. The average Bonchev–Trinajstić information content (AvgIpc) is 3.32. The summed E-state index contributed by atoms with van der Waals surface area (Å²) >= 11 is 0. The molecule has 1 saturated heterocycles. The predicted molar refractivity (Wildman–Crippen MR) is 121 cm³/mol. The zero-order valence-electron chi connectivity index (χ0n) is 20.2. The number of amides is 2. The van der Waals surface area contributed by atoms with Gasteiger partial charge in [-0.15, -0.1) is 0 Å². The Balaban J connectivity index is 1.51. The third-order valence-corrected chi connectivity index (χ3v) is 7.63. The number of carbonyl (C=O) groups excluding carboxylic acids is 2. The number of hydrogen-bond donors (Lipinski definition) is 1. The molecule has 2 amide bonds. The molecule has 1 aromatic carbocycles. The first kappa shape index (κ1) is 25.9. The zero-order valence-corrected chi connectivity index (χ0v) is 20.2. The van der Waals surface area contributed by atoms with Gasteiger partial charge in [-0.25, -0.2) is 4.99 Å². The Bertz CT molecular complexity index is 1330. The SMILES string of the molecule is CN1C(=O)[C@H]2Cc3ccc4c(c3)[C@]3(C[C@@H]1C(=O)N2)C1=CC(OCC(F)(F)F)(OCC(F)(F)F)C=CC1=N[C@@H]3O4. The standard InChI is InChI=1S/C25H21F6N3O5/c1-34-17-9-23-13-6-12(7-16(20(34)36)32-19(17)35)2-3-18(13)39-21(23)33-15-4-5-22(8-14(15)23,37-10-24(26,27)28)38-11-25(29,30)31/h2-6,8,16-17,21H,7,9-11H2,1H3,(H,32,35)/t16-,17-,21-,23-/m1/s1. The smallest absolute Gasteiger partial charge is 0.411 e. The summed E-state index contributed by atoms with van der Waals surface area (Å²) in [7, 11) is 1.48. The second kappa shape index (κ2) is 8.31. The summed E-state index contributed by atoms with van der Waals surface area (Å²) in [6.45, 7) is -3.77. The van der Waals surface area contributed by atoms with Crippen LogP contribution in [-0.2, 0) is 30.9 Å². The molecule has 0 unspecified atom stereocenters. The van der Waals surface area contributed by atoms with E-state index in [2.05, 4.69) is 10.3 Å². The van der Waals surface area contributed by atoms with Crippen LogP contribution in [0.5, 0.6) is 5.75 Å². The molecular weight excluding hydrogens is 536 g/mol. The minimum Gasteiger partial charge on any atom is -0.467 e. The Morgan fingerprint density at radius 3 is 2.49 bits per heavy atom. The summed E-state index contributed by atoms with van der Waals surface area (Å²) in [5.74, 6) is -2.90. The van der Waals surface area contributed by atoms with Crippen molar-refractivity contribution in [3.63, 3.8) is 0 Å². The van der Waals surface area contributed by atoms with E-state index in [1.807, 2.05) is 0 Å². The van der Waals surface area contributed by atoms with Gasteiger partial charge in [0.15, 0.2) is 0 Å². The summed E-state index contributed by atoms with van der Waals surface area (Å²) in [6, 6.07) is 3.38. The first-order chi connectivity index (χ1) is 18.2. The van der Waals surface area contributed by atoms with Crippen molar-refractivity contribution in [2.75, 3.05) is 20.3 Å². The van der Waals surface area contributed by atoms with Crippen molar-refractivity contribution < 1.29 is 50.1 Å². The molecule has 5 heterocycles. The van der Waals surface area contributed by atoms with Gasteiger partial charge in [-0.05, 0) is 41.9 Å². The van der Waals surface area contributed by atoms with Crippen LogP contribution >= 0.6 is 0 Å². The van der Waals surface area contributed by atoms with Crippen molar-refractivity contribution in [1.29, 1.82) is 0 Å². The molecule has 1 aromatic rings. The van der Waals surface area contributed by atoms with E-state index in [4.69, 9.17) is 14.2 Å². The highest BCUT2D eigenvalue weighted by atomic mass is 19.4. The molecule has 5 aliphatic heterocycles. The molecule has 39 heavy (non-hydrogen) atoms. The normalized spacial score (nSPS) is 30.3. The fraction of sp³-hybridized carbons (Fsp3) is 0.480. The van der Waals surface area contributed by atoms with Gasteiger partial charge in [0.25, 0.3) is 0 Å². The minimum absolute atomic E-state index is 0.101. The molecule has 208 valence electrons. The Morgan fingerprint density at radius 2 is 1.82 bits per heavy atom. The maximum Gasteiger partial charge on any atom is 0.411 e. The number of ether oxygens (including phenoxy) is 3. The van der Waals surface area contributed by atoms with Crippen LogP contribution in [0.25, 0.3) is 0 Å². The quantitative estimate of drug-likeness (QED) is 0.455. The molecule has 1 N–H and O–H groups in total. The van der Waals surface area contributed by atoms with E-state index in [0.29, 0.717) is 16.9 Å². The van der Waals surface area contributed by atoms with E-state index in [0.717, 1.165) is 12.2 Å². The van der Waals surface area contributed by atoms with Crippen LogP contribution in [0.3, 0.4) is 0 Å². The Hall–Kier alpha value is -3.39. The summed E-state index contributed by atoms with van der Waals surface area (Å²) in [6.07, 6.45) is -7.43. The minimum atomic E-state index is -4.86. The molecule has 1 spiro atoms. The van der Waals surface area contributed by atoms with Crippen LogP contribution in [0.2, 0.25) is 0 Å². The van der Waals surface area contributed by atoms with Crippen LogP contribution in [0.4, 0.5) is 26.3 Å². The Morgan fingerprint density at radius 1 is 1.13 bits per heavy atom. The van der Waals surface area contributed by atoms with Crippen molar-refractivity contribution in [2.45, 2.75) is 54.7 Å². The molecule has 6 aliphatic rings. The maximum atomic E-state index is 13.2. The first-order valence-electron chi connectivity index (χ1n) is 12.0. The lowest BCUT2D eigenvalue weighted by Gasteiger charge is -2.43. The Kier molecular flexibility index (Phi) is 5.51. The van der Waals surface area contributed by atoms with Gasteiger partial charge in [0.2, 0.25) is 23.8 Å². The van der Waals surface area contributed by atoms with Crippen molar-refractivity contribution in [2.24, 2.45) is 4.99 Å². The molecule has 14 heteroatoms. The molecule has 4 bridgehead atoms. The lowest BCUT2D eigenvalue weighted by molar-refractivity contribution is -0.274. The number of piperazine rings is 1. The van der Waals surface area contributed by atoms with Crippen LogP contribution in [0.1, 0.15) is 17.5 Å². The van der Waals surface area contributed by atoms with Gasteiger partial charge in [-0.3, -0.25) is 9.59 Å². The van der Waals surface area contributed by atoms with Gasteiger partial charge >= 0.3 is 12.4 Å². The first-order valence-corrected chi connectivity index (χ1v) is 12.0. The highest BCUT2D eigenvalue weighted by Gasteiger charge is 2.61. The van der Waals surface area contributed by atoms with Crippen LogP contribution in [0, 0.1) is 0 Å². The molecule has 1 fully saturated rings. The number of aliphatic imine (C=N–C) groups is 1. The lowest BCUT2D eigenvalue weighted by Crippen LogP contribution is -2.64. The fourth-order valence-corrected chi connectivity index (χ4v) is 5.87. The van der Waals surface area contributed by atoms with Crippen molar-refractivity contribution in [1.82, 2.24) is 10.2 Å². The number of carbonyl (C=O) groups is 2. The van der Waals surface area contributed by atoms with Gasteiger partial charge in [0.05, 0.1) is 11.1 Å². The monoisotopic (exact) mass is 557 g/mol. The molecule has 7 rings (SSSR count). The van der Waals surface area contributed by atoms with E-state index in [-0.39, 0.29) is 30.0 Å². The second-order valence-electron chi connectivity index (χ2n) is 10.1. The largest absolute Gasteiger partial charge is 0.467 e. The number of fused-ring (bicyclic) bond motifs is 3. The average molecular weight is 557 g/mol. The lowest BCUT2D eigenvalue weighted by atomic mass is 9.67. The zero-order chi connectivity index (χ0) is 28.0. The second-order valence-corrected chi connectivity index (χ2v) is 10.1. The predicted octanol–water partition coefficient (Wildman–Crippen LogP) is 2.72. The summed E-state index contributed by atoms with van der Waals surface area (Å²) < 4.78 is 94.7. The number of likely N-dealkylation sites (N-methyl/N-ethyl adjacent to an activating group) is 1. The number of allylic oxidation sites excluding steroid dienone is 1. The molecule has 0 saturated carbocycles. The van der Waals surface area contributed by atoms with Gasteiger partial charge in [-0.2, -0.15) is 26.3 Å². The third-order valence-electron chi connectivity index (χ3n) is 7.63. The number of nitrogens with zero attached hydrogens (tertiary/aromatic N) is 2. The van der Waals surface area contributed by atoms with Gasteiger partial charge in [0, 0.05) is 19.0 Å². The molecule has 8 nitrogen and oxygen atoms in total. The molecular formula is C25H21F6N3O5. The number of nitrogens with one attached hydrogen (secondary N) is 1. The van der Waals surface area contributed by atoms with Crippen molar-refractivity contribution >= 4 is 17.5 Å². The highest BCUT2D eigenvalue weighted by Crippen LogP contribution is 2.57. The van der Waals surface area contributed by atoms with Crippen LogP contribution < -0.4 is 10.1 Å². The number of benzene rings is 1. The number of halogens is 6. The van der Waals surface area contributed by atoms with Gasteiger partial charge in [0.1, 0.15) is 31.0 Å². The van der Waals surface area contributed by atoms with E-state index in [1.165, 1.54) is 18.0 Å². The Labute approximate surface area is 217 Å².